The van der Waals surface area contributed by atoms with Gasteiger partial charge >= 0.3 is 0 Å². The summed E-state index contributed by atoms with van der Waals surface area (Å²) >= 11 is 0. The fourth-order valence-corrected chi connectivity index (χ4v) is 3.74. The molecule has 15 nitrogen and oxygen atoms in total. The highest BCUT2D eigenvalue weighted by Crippen LogP contribution is 2.30. The van der Waals surface area contributed by atoms with Crippen molar-refractivity contribution < 1.29 is 74.7 Å². The number of ether oxygens (including phenoxy) is 5. The van der Waals surface area contributed by atoms with Crippen molar-refractivity contribution in [3.63, 3.8) is 0 Å². The maximum atomic E-state index is 10.6. The summed E-state index contributed by atoms with van der Waals surface area (Å²) in [5.74, 6) is 0. The zero-order chi connectivity index (χ0) is 23.7. The Hall–Kier alpha value is -0.600. The van der Waals surface area contributed by atoms with Crippen LogP contribution in [0.25, 0.3) is 0 Å². The van der Waals surface area contributed by atoms with Gasteiger partial charge in [0.1, 0.15) is 67.1 Å². The molecular formula is C17H30O15. The predicted molar refractivity (Wildman–Crippen MR) is 95.2 cm³/mol. The van der Waals surface area contributed by atoms with Crippen molar-refractivity contribution in [2.75, 3.05) is 19.8 Å². The molecule has 3 aliphatic heterocycles. The Morgan fingerprint density at radius 1 is 0.531 bits per heavy atom. The van der Waals surface area contributed by atoms with E-state index in [1.54, 1.807) is 0 Å². The third-order valence-electron chi connectivity index (χ3n) is 5.72. The third kappa shape index (κ3) is 5.07. The molecule has 3 fully saturated rings. The minimum absolute atomic E-state index is 0.566. The predicted octanol–water partition coefficient (Wildman–Crippen LogP) is -6.93. The molecule has 0 bridgehead atoms. The molecule has 15 heteroatoms. The van der Waals surface area contributed by atoms with Gasteiger partial charge in [0.2, 0.25) is 0 Å². The molecule has 0 amide bonds. The van der Waals surface area contributed by atoms with Crippen LogP contribution in [0.15, 0.2) is 0 Å². The van der Waals surface area contributed by atoms with Crippen LogP contribution in [0.1, 0.15) is 0 Å². The molecule has 188 valence electrons. The molecule has 32 heavy (non-hydrogen) atoms. The molecule has 10 N–H and O–H groups in total. The third-order valence-corrected chi connectivity index (χ3v) is 5.72. The van der Waals surface area contributed by atoms with Gasteiger partial charge in [-0.05, 0) is 0 Å². The molecule has 3 heterocycles. The Morgan fingerprint density at radius 2 is 1.06 bits per heavy atom. The van der Waals surface area contributed by atoms with Crippen molar-refractivity contribution in [3.05, 3.63) is 0 Å². The number of aliphatic hydroxyl groups excluding tert-OH is 10. The Labute approximate surface area is 181 Å². The van der Waals surface area contributed by atoms with Gasteiger partial charge in [-0.2, -0.15) is 0 Å². The summed E-state index contributed by atoms with van der Waals surface area (Å²) in [7, 11) is 0. The van der Waals surface area contributed by atoms with E-state index < -0.39 is 106 Å². The van der Waals surface area contributed by atoms with Crippen LogP contribution in [0.2, 0.25) is 0 Å². The van der Waals surface area contributed by atoms with Gasteiger partial charge in [-0.25, -0.2) is 0 Å². The minimum Gasteiger partial charge on any atom is -0.394 e. The van der Waals surface area contributed by atoms with Crippen molar-refractivity contribution in [1.29, 1.82) is 0 Å². The lowest BCUT2D eigenvalue weighted by molar-refractivity contribution is -0.339. The van der Waals surface area contributed by atoms with Gasteiger partial charge in [0.05, 0.1) is 19.8 Å². The smallest absolute Gasteiger partial charge is 0.187 e. The summed E-state index contributed by atoms with van der Waals surface area (Å²) < 4.78 is 26.0. The molecule has 3 aliphatic rings. The van der Waals surface area contributed by atoms with Crippen LogP contribution in [-0.2, 0) is 23.7 Å². The molecule has 3 rings (SSSR count). The van der Waals surface area contributed by atoms with Crippen LogP contribution in [0.5, 0.6) is 0 Å². The van der Waals surface area contributed by atoms with Gasteiger partial charge in [0.15, 0.2) is 18.9 Å². The van der Waals surface area contributed by atoms with Crippen LogP contribution in [-0.4, -0.2) is 157 Å². The van der Waals surface area contributed by atoms with E-state index >= 15 is 0 Å². The van der Waals surface area contributed by atoms with E-state index in [-0.39, 0.29) is 0 Å². The molecule has 0 aromatic carbocycles. The Balaban J connectivity index is 1.63. The number of hydrogen-bond donors (Lipinski definition) is 10. The topological polar surface area (TPSA) is 248 Å². The minimum atomic E-state index is -1.87. The zero-order valence-corrected chi connectivity index (χ0v) is 16.7. The lowest BCUT2D eigenvalue weighted by atomic mass is 9.98. The van der Waals surface area contributed by atoms with Crippen LogP contribution < -0.4 is 0 Å². The van der Waals surface area contributed by atoms with Crippen molar-refractivity contribution in [2.24, 2.45) is 0 Å². The highest BCUT2D eigenvalue weighted by Gasteiger charge is 2.51. The molecule has 0 unspecified atom stereocenters. The van der Waals surface area contributed by atoms with E-state index in [4.69, 9.17) is 28.8 Å². The highest BCUT2D eigenvalue weighted by atomic mass is 16.7. The second kappa shape index (κ2) is 10.8. The molecule has 0 saturated carbocycles. The Bertz CT molecular complexity index is 594. The second-order valence-corrected chi connectivity index (χ2v) is 7.88. The number of hydrogen-bond acceptors (Lipinski definition) is 15. The van der Waals surface area contributed by atoms with Crippen molar-refractivity contribution >= 4 is 0 Å². The van der Waals surface area contributed by atoms with E-state index in [9.17, 15) is 46.0 Å². The average molecular weight is 474 g/mol. The molecule has 3 saturated heterocycles. The first-order valence-electron chi connectivity index (χ1n) is 10.00. The molecule has 0 aliphatic carbocycles. The summed E-state index contributed by atoms with van der Waals surface area (Å²) in [6.45, 7) is -1.88. The van der Waals surface area contributed by atoms with Gasteiger partial charge in [-0.3, -0.25) is 0 Å². The molecule has 14 atom stereocenters. The highest BCUT2D eigenvalue weighted by molar-refractivity contribution is 4.94. The standard InChI is InChI=1S/C17H30O15/c18-1-4-7(20)10(23)12(25)16(30-4)28-3-6-9(22)14(13(26)15(27)29-6)32-17-11(24)8(21)5(2-19)31-17/h4-27H,1-3H2/t4-,5+,6-,7-,8+,9-,10+,11-,12-,13-,14+,15-,16-,17+/m1/s1. The second-order valence-electron chi connectivity index (χ2n) is 7.88. The lowest BCUT2D eigenvalue weighted by Gasteiger charge is -2.43. The quantitative estimate of drug-likeness (QED) is 0.165. The molecule has 0 radical (unpaired) electrons. The van der Waals surface area contributed by atoms with Gasteiger partial charge in [-0.15, -0.1) is 0 Å². The summed E-state index contributed by atoms with van der Waals surface area (Å²) in [5, 5.41) is 98.4. The summed E-state index contributed by atoms with van der Waals surface area (Å²) in [6, 6.07) is 0. The summed E-state index contributed by atoms with van der Waals surface area (Å²) in [5.41, 5.74) is 0. The van der Waals surface area contributed by atoms with Crippen LogP contribution >= 0.6 is 0 Å². The normalized spacial score (nSPS) is 52.3. The molecule has 0 aromatic heterocycles. The van der Waals surface area contributed by atoms with Crippen molar-refractivity contribution in [3.8, 4) is 0 Å². The van der Waals surface area contributed by atoms with E-state index in [1.807, 2.05) is 0 Å². The first kappa shape index (κ1) is 26.0. The maximum Gasteiger partial charge on any atom is 0.187 e. The average Bonchev–Trinajstić information content (AvgIpc) is 3.05. The van der Waals surface area contributed by atoms with E-state index in [1.165, 1.54) is 0 Å². The van der Waals surface area contributed by atoms with Crippen LogP contribution in [0, 0.1) is 0 Å². The van der Waals surface area contributed by atoms with E-state index in [0.29, 0.717) is 0 Å². The van der Waals surface area contributed by atoms with Crippen LogP contribution in [0.3, 0.4) is 0 Å². The van der Waals surface area contributed by atoms with Crippen molar-refractivity contribution in [2.45, 2.75) is 86.0 Å². The van der Waals surface area contributed by atoms with Gasteiger partial charge in [0.25, 0.3) is 0 Å². The van der Waals surface area contributed by atoms with Crippen molar-refractivity contribution in [1.82, 2.24) is 0 Å². The first-order valence-corrected chi connectivity index (χ1v) is 10.00. The lowest BCUT2D eigenvalue weighted by Crippen LogP contribution is -2.62. The molecule has 0 spiro atoms. The molecular weight excluding hydrogens is 444 g/mol. The fraction of sp³-hybridized carbons (Fsp3) is 1.00. The fourth-order valence-electron chi connectivity index (χ4n) is 3.74. The molecule has 0 aromatic rings. The van der Waals surface area contributed by atoms with Gasteiger partial charge in [-0.1, -0.05) is 0 Å². The Kier molecular flexibility index (Phi) is 8.75. The van der Waals surface area contributed by atoms with E-state index in [2.05, 4.69) is 0 Å². The summed E-state index contributed by atoms with van der Waals surface area (Å²) in [6.07, 6.45) is -21.9. The summed E-state index contributed by atoms with van der Waals surface area (Å²) in [4.78, 5) is 0. The zero-order valence-electron chi connectivity index (χ0n) is 16.7. The Morgan fingerprint density at radius 3 is 1.66 bits per heavy atom. The number of rotatable bonds is 7. The first-order chi connectivity index (χ1) is 15.1. The SMILES string of the molecule is OC[C@@H]1O[C@@H](O[C@@H]2[C@@H](O)[C@H](O)O[C@H](CO[C@@H]3O[C@H](CO)[C@@H](O)[C@H](O)[C@H]3O)[C@H]2O)[C@H](O)[C@H]1O. The number of aliphatic hydroxyl groups is 10. The van der Waals surface area contributed by atoms with Gasteiger partial charge in [0, 0.05) is 0 Å². The monoisotopic (exact) mass is 474 g/mol. The maximum absolute atomic E-state index is 10.6. The largest absolute Gasteiger partial charge is 0.394 e. The van der Waals surface area contributed by atoms with Gasteiger partial charge < -0.3 is 74.7 Å². The van der Waals surface area contributed by atoms with E-state index in [0.717, 1.165) is 0 Å². The van der Waals surface area contributed by atoms with Crippen LogP contribution in [0.4, 0.5) is 0 Å².